The molecule has 0 heterocycles. The molecular formula is C38H64O3. The van der Waals surface area contributed by atoms with Crippen molar-refractivity contribution in [3.63, 3.8) is 0 Å². The Hall–Kier alpha value is -2.72. The summed E-state index contributed by atoms with van der Waals surface area (Å²) in [5.41, 5.74) is 0. The fourth-order valence-electron chi connectivity index (χ4n) is 2.47. The van der Waals surface area contributed by atoms with E-state index in [1.54, 1.807) is 13.8 Å². The summed E-state index contributed by atoms with van der Waals surface area (Å²) >= 11 is 0. The van der Waals surface area contributed by atoms with Gasteiger partial charge in [0.1, 0.15) is 0 Å². The predicted molar refractivity (Wildman–Crippen MR) is 188 cm³/mol. The van der Waals surface area contributed by atoms with E-state index in [0.29, 0.717) is 0 Å². The van der Waals surface area contributed by atoms with Crippen molar-refractivity contribution in [2.75, 3.05) is 26.4 Å². The first-order valence-electron chi connectivity index (χ1n) is 15.4. The summed E-state index contributed by atoms with van der Waals surface area (Å²) in [5, 5.41) is 20.4. The van der Waals surface area contributed by atoms with Gasteiger partial charge in [-0.05, 0) is 55.2 Å². The molecule has 0 fully saturated rings. The van der Waals surface area contributed by atoms with E-state index in [0.717, 1.165) is 19.1 Å². The highest BCUT2D eigenvalue weighted by Crippen LogP contribution is 2.12. The molecule has 0 aliphatic carbocycles. The van der Waals surface area contributed by atoms with Crippen molar-refractivity contribution in [3.05, 3.63) is 97.1 Å². The van der Waals surface area contributed by atoms with Gasteiger partial charge in [-0.15, -0.1) is 0 Å². The second kappa shape index (κ2) is 39.4. The lowest BCUT2D eigenvalue weighted by Crippen LogP contribution is -1.84. The average molecular weight is 569 g/mol. The number of fused-ring (bicyclic) bond motifs is 2. The third-order valence-electron chi connectivity index (χ3n) is 3.73. The van der Waals surface area contributed by atoms with Gasteiger partial charge in [0, 0.05) is 26.4 Å². The Morgan fingerprint density at radius 1 is 0.439 bits per heavy atom. The Bertz CT molecular complexity index is 768. The summed E-state index contributed by atoms with van der Waals surface area (Å²) in [6, 6.07) is 33.4. The molecule has 4 aromatic rings. The summed E-state index contributed by atoms with van der Waals surface area (Å²) in [6.45, 7) is 24.5. The van der Waals surface area contributed by atoms with E-state index >= 15 is 0 Å². The van der Waals surface area contributed by atoms with Crippen molar-refractivity contribution in [2.45, 2.75) is 89.0 Å². The van der Waals surface area contributed by atoms with Gasteiger partial charge in [-0.3, -0.25) is 0 Å². The molecule has 234 valence electrons. The first-order chi connectivity index (χ1) is 19.7. The Morgan fingerprint density at radius 2 is 0.561 bits per heavy atom. The Kier molecular flexibility index (Phi) is 43.5. The molecule has 3 nitrogen and oxygen atoms in total. The van der Waals surface area contributed by atoms with E-state index in [1.165, 1.54) is 34.4 Å². The van der Waals surface area contributed by atoms with Crippen LogP contribution in [-0.4, -0.2) is 36.6 Å². The van der Waals surface area contributed by atoms with Gasteiger partial charge in [0.05, 0.1) is 0 Å². The maximum Gasteiger partial charge on any atom is 0.0437 e. The van der Waals surface area contributed by atoms with Crippen LogP contribution in [0.15, 0.2) is 97.1 Å². The van der Waals surface area contributed by atoms with Crippen LogP contribution < -0.4 is 0 Å². The van der Waals surface area contributed by atoms with Crippen molar-refractivity contribution in [1.29, 1.82) is 0 Å². The Balaban J connectivity index is -0.000000206. The zero-order chi connectivity index (χ0) is 32.2. The molecule has 0 unspecified atom stereocenters. The Labute approximate surface area is 254 Å². The monoisotopic (exact) mass is 568 g/mol. The van der Waals surface area contributed by atoms with E-state index in [2.05, 4.69) is 146 Å². The lowest BCUT2D eigenvalue weighted by atomic mass is 10.1. The van der Waals surface area contributed by atoms with Crippen molar-refractivity contribution >= 4 is 21.5 Å². The minimum absolute atomic E-state index is 0.250. The maximum absolute atomic E-state index is 7.57. The van der Waals surface area contributed by atoms with Crippen LogP contribution >= 0.6 is 0 Å². The number of aliphatic hydroxyl groups is 2. The van der Waals surface area contributed by atoms with Gasteiger partial charge in [0.25, 0.3) is 0 Å². The summed E-state index contributed by atoms with van der Waals surface area (Å²) in [4.78, 5) is 0. The highest BCUT2D eigenvalue weighted by molar-refractivity contribution is 5.82. The van der Waals surface area contributed by atoms with Crippen LogP contribution in [0.1, 0.15) is 89.0 Å². The standard InChI is InChI=1S/2C10H8.C4H10O.C4H10.2C3H8.2C2H6O/c2*1-2-6-10-8-4-3-7-9(10)5-1;1-3-5-4-2;1-4(2)3;2*1-3-2;2*1-2-3/h2*1-8H;3-4H2,1-2H3;4H,1-3H3;2*3H2,1-2H3;2*3H,2H2,1H3. The summed E-state index contributed by atoms with van der Waals surface area (Å²) in [7, 11) is 0. The van der Waals surface area contributed by atoms with Crippen molar-refractivity contribution < 1.29 is 14.9 Å². The zero-order valence-electron chi connectivity index (χ0n) is 28.4. The molecule has 0 atom stereocenters. The fourth-order valence-corrected chi connectivity index (χ4v) is 2.47. The lowest BCUT2D eigenvalue weighted by molar-refractivity contribution is 0.162. The van der Waals surface area contributed by atoms with Gasteiger partial charge < -0.3 is 14.9 Å². The summed E-state index contributed by atoms with van der Waals surface area (Å²) in [6.07, 6.45) is 2.50. The van der Waals surface area contributed by atoms with Gasteiger partial charge in [-0.2, -0.15) is 0 Å². The zero-order valence-corrected chi connectivity index (χ0v) is 28.4. The van der Waals surface area contributed by atoms with Crippen molar-refractivity contribution in [1.82, 2.24) is 0 Å². The second-order valence-corrected chi connectivity index (χ2v) is 9.25. The second-order valence-electron chi connectivity index (χ2n) is 9.25. The minimum atomic E-state index is 0.250. The number of rotatable bonds is 2. The fraction of sp³-hybridized carbons (Fsp3) is 0.474. The molecule has 0 bridgehead atoms. The molecule has 0 aliphatic rings. The topological polar surface area (TPSA) is 49.7 Å². The average Bonchev–Trinajstić information content (AvgIpc) is 2.96. The SMILES string of the molecule is CC(C)C.CCC.CCC.CCO.CCO.CCOCC.c1ccc2ccccc2c1.c1ccc2ccccc2c1. The molecule has 0 saturated heterocycles. The van der Waals surface area contributed by atoms with E-state index < -0.39 is 0 Å². The number of hydrogen-bond donors (Lipinski definition) is 2. The molecular weight excluding hydrogens is 504 g/mol. The van der Waals surface area contributed by atoms with Crippen LogP contribution in [0, 0.1) is 5.92 Å². The highest BCUT2D eigenvalue weighted by atomic mass is 16.5. The van der Waals surface area contributed by atoms with Crippen LogP contribution in [0.2, 0.25) is 0 Å². The smallest absolute Gasteiger partial charge is 0.0437 e. The lowest BCUT2D eigenvalue weighted by Gasteiger charge is -1.92. The first kappa shape index (κ1) is 45.3. The molecule has 4 rings (SSSR count). The third-order valence-corrected chi connectivity index (χ3v) is 3.73. The molecule has 0 aromatic heterocycles. The van der Waals surface area contributed by atoms with Crippen molar-refractivity contribution in [2.24, 2.45) is 5.92 Å². The normalized spacial score (nSPS) is 8.54. The number of aliphatic hydroxyl groups excluding tert-OH is 2. The van der Waals surface area contributed by atoms with Gasteiger partial charge in [0.15, 0.2) is 0 Å². The predicted octanol–water partition coefficient (Wildman–Crippen LogP) is 11.2. The highest BCUT2D eigenvalue weighted by Gasteiger charge is 1.86. The third kappa shape index (κ3) is 37.3. The molecule has 0 saturated carbocycles. The van der Waals surface area contributed by atoms with E-state index in [-0.39, 0.29) is 13.2 Å². The van der Waals surface area contributed by atoms with Crippen LogP contribution in [0.25, 0.3) is 21.5 Å². The molecule has 0 amide bonds. The Morgan fingerprint density at radius 3 is 0.634 bits per heavy atom. The molecule has 41 heavy (non-hydrogen) atoms. The summed E-state index contributed by atoms with van der Waals surface area (Å²) < 4.78 is 4.83. The number of benzene rings is 4. The number of ether oxygens (including phenoxy) is 1. The van der Waals surface area contributed by atoms with E-state index in [1.807, 2.05) is 13.8 Å². The van der Waals surface area contributed by atoms with Gasteiger partial charge in [0.2, 0.25) is 0 Å². The largest absolute Gasteiger partial charge is 0.397 e. The van der Waals surface area contributed by atoms with Crippen LogP contribution in [0.4, 0.5) is 0 Å². The van der Waals surface area contributed by atoms with E-state index in [4.69, 9.17) is 14.9 Å². The van der Waals surface area contributed by atoms with Crippen LogP contribution in [0.5, 0.6) is 0 Å². The first-order valence-corrected chi connectivity index (χ1v) is 15.4. The van der Waals surface area contributed by atoms with Crippen LogP contribution in [-0.2, 0) is 4.74 Å². The molecule has 2 N–H and O–H groups in total. The maximum atomic E-state index is 7.57. The molecule has 3 heteroatoms. The van der Waals surface area contributed by atoms with Gasteiger partial charge >= 0.3 is 0 Å². The molecule has 0 radical (unpaired) electrons. The molecule has 4 aromatic carbocycles. The quantitative estimate of drug-likeness (QED) is 0.253. The summed E-state index contributed by atoms with van der Waals surface area (Å²) in [5.74, 6) is 0.833. The van der Waals surface area contributed by atoms with Gasteiger partial charge in [-0.1, -0.05) is 158 Å². The van der Waals surface area contributed by atoms with Gasteiger partial charge in [-0.25, -0.2) is 0 Å². The van der Waals surface area contributed by atoms with Crippen molar-refractivity contribution in [3.8, 4) is 0 Å². The van der Waals surface area contributed by atoms with Crippen LogP contribution in [0.3, 0.4) is 0 Å². The molecule has 0 aliphatic heterocycles. The van der Waals surface area contributed by atoms with E-state index in [9.17, 15) is 0 Å². The minimum Gasteiger partial charge on any atom is -0.397 e. The number of hydrogen-bond acceptors (Lipinski definition) is 3. The molecule has 0 spiro atoms.